The predicted octanol–water partition coefficient (Wildman–Crippen LogP) is 2.33. The SMILES string of the molecule is CCNc1nc(OCC)nc(N(C)C(C)(C)CC)n1. The molecule has 0 spiro atoms. The van der Waals surface area contributed by atoms with E-state index in [0.29, 0.717) is 24.5 Å². The second-order valence-electron chi connectivity index (χ2n) is 4.93. The molecule has 0 aliphatic heterocycles. The molecule has 19 heavy (non-hydrogen) atoms. The summed E-state index contributed by atoms with van der Waals surface area (Å²) in [7, 11) is 1.99. The molecule has 0 aliphatic carbocycles. The Morgan fingerprint density at radius 2 is 1.84 bits per heavy atom. The van der Waals surface area contributed by atoms with E-state index < -0.39 is 0 Å². The third-order valence-corrected chi connectivity index (χ3v) is 3.28. The summed E-state index contributed by atoms with van der Waals surface area (Å²) >= 11 is 0. The van der Waals surface area contributed by atoms with E-state index in [2.05, 4.69) is 45.9 Å². The number of anilines is 2. The van der Waals surface area contributed by atoms with Crippen molar-refractivity contribution in [3.8, 4) is 6.01 Å². The van der Waals surface area contributed by atoms with Gasteiger partial charge in [-0.3, -0.25) is 0 Å². The smallest absolute Gasteiger partial charge is 0.323 e. The van der Waals surface area contributed by atoms with Gasteiger partial charge in [0.15, 0.2) is 0 Å². The molecule has 0 saturated heterocycles. The van der Waals surface area contributed by atoms with Crippen molar-refractivity contribution in [1.82, 2.24) is 15.0 Å². The molecule has 0 amide bonds. The highest BCUT2D eigenvalue weighted by Gasteiger charge is 2.24. The number of nitrogens with zero attached hydrogens (tertiary/aromatic N) is 4. The third kappa shape index (κ3) is 3.94. The number of hydrogen-bond acceptors (Lipinski definition) is 6. The largest absolute Gasteiger partial charge is 0.464 e. The highest BCUT2D eigenvalue weighted by Crippen LogP contribution is 2.23. The van der Waals surface area contributed by atoms with Gasteiger partial charge < -0.3 is 15.0 Å². The number of aromatic nitrogens is 3. The minimum atomic E-state index is -0.0195. The van der Waals surface area contributed by atoms with Crippen molar-refractivity contribution in [3.63, 3.8) is 0 Å². The van der Waals surface area contributed by atoms with E-state index in [0.717, 1.165) is 13.0 Å². The molecule has 1 aromatic heterocycles. The van der Waals surface area contributed by atoms with Crippen molar-refractivity contribution >= 4 is 11.9 Å². The van der Waals surface area contributed by atoms with Gasteiger partial charge in [0.1, 0.15) is 0 Å². The second kappa shape index (κ2) is 6.54. The quantitative estimate of drug-likeness (QED) is 0.818. The van der Waals surface area contributed by atoms with Crippen LogP contribution >= 0.6 is 0 Å². The second-order valence-corrected chi connectivity index (χ2v) is 4.93. The van der Waals surface area contributed by atoms with E-state index in [4.69, 9.17) is 4.74 Å². The zero-order valence-corrected chi connectivity index (χ0v) is 12.8. The van der Waals surface area contributed by atoms with Crippen LogP contribution in [0.4, 0.5) is 11.9 Å². The molecule has 6 nitrogen and oxygen atoms in total. The summed E-state index contributed by atoms with van der Waals surface area (Å²) in [5.41, 5.74) is -0.0195. The fourth-order valence-corrected chi connectivity index (χ4v) is 1.43. The summed E-state index contributed by atoms with van der Waals surface area (Å²) in [5, 5.41) is 3.10. The first-order valence-corrected chi connectivity index (χ1v) is 6.81. The summed E-state index contributed by atoms with van der Waals surface area (Å²) in [6.07, 6.45) is 0.996. The van der Waals surface area contributed by atoms with Gasteiger partial charge in [0, 0.05) is 19.1 Å². The van der Waals surface area contributed by atoms with Crippen LogP contribution in [0.3, 0.4) is 0 Å². The molecular weight excluding hydrogens is 242 g/mol. The summed E-state index contributed by atoms with van der Waals surface area (Å²) < 4.78 is 5.40. The van der Waals surface area contributed by atoms with E-state index in [1.807, 2.05) is 20.9 Å². The standard InChI is InChI=1S/C13H25N5O/c1-7-13(4,5)18(6)11-15-10(14-8-2)16-12(17-11)19-9-3/h7-9H2,1-6H3,(H,14,15,16,17). The van der Waals surface area contributed by atoms with Gasteiger partial charge in [0.2, 0.25) is 11.9 Å². The van der Waals surface area contributed by atoms with E-state index in [9.17, 15) is 0 Å². The lowest BCUT2D eigenvalue weighted by molar-refractivity contribution is 0.311. The van der Waals surface area contributed by atoms with E-state index in [1.54, 1.807) is 0 Å². The molecule has 0 aliphatic rings. The van der Waals surface area contributed by atoms with Gasteiger partial charge in [-0.15, -0.1) is 0 Å². The first-order valence-electron chi connectivity index (χ1n) is 6.81. The molecule has 0 unspecified atom stereocenters. The fourth-order valence-electron chi connectivity index (χ4n) is 1.43. The molecule has 1 heterocycles. The Labute approximate surface area is 115 Å². The minimum absolute atomic E-state index is 0.0195. The zero-order chi connectivity index (χ0) is 14.5. The van der Waals surface area contributed by atoms with Crippen LogP contribution in [0.25, 0.3) is 0 Å². The van der Waals surface area contributed by atoms with Gasteiger partial charge in [-0.2, -0.15) is 15.0 Å². The molecular formula is C13H25N5O. The Kier molecular flexibility index (Phi) is 5.32. The molecule has 0 saturated carbocycles. The maximum atomic E-state index is 5.40. The molecule has 0 fully saturated rings. The van der Waals surface area contributed by atoms with Crippen LogP contribution in [0, 0.1) is 0 Å². The molecule has 1 N–H and O–H groups in total. The third-order valence-electron chi connectivity index (χ3n) is 3.28. The molecule has 0 radical (unpaired) electrons. The lowest BCUT2D eigenvalue weighted by Gasteiger charge is -2.34. The lowest BCUT2D eigenvalue weighted by atomic mass is 10.0. The predicted molar refractivity (Wildman–Crippen MR) is 77.9 cm³/mol. The Bertz CT molecular complexity index is 384. The Morgan fingerprint density at radius 1 is 1.16 bits per heavy atom. The van der Waals surface area contributed by atoms with Crippen molar-refractivity contribution in [1.29, 1.82) is 0 Å². The van der Waals surface area contributed by atoms with Crippen LogP contribution in [0.1, 0.15) is 41.0 Å². The Balaban J connectivity index is 3.11. The van der Waals surface area contributed by atoms with Crippen LogP contribution in [0.5, 0.6) is 6.01 Å². The highest BCUT2D eigenvalue weighted by molar-refractivity contribution is 5.39. The molecule has 1 rings (SSSR count). The Hall–Kier alpha value is -1.59. The van der Waals surface area contributed by atoms with Gasteiger partial charge in [0.05, 0.1) is 6.61 Å². The molecule has 6 heteroatoms. The Morgan fingerprint density at radius 3 is 2.37 bits per heavy atom. The molecule has 1 aromatic rings. The number of ether oxygens (including phenoxy) is 1. The van der Waals surface area contributed by atoms with Gasteiger partial charge in [-0.25, -0.2) is 0 Å². The number of rotatable bonds is 7. The molecule has 0 bridgehead atoms. The maximum Gasteiger partial charge on any atom is 0.323 e. The average molecular weight is 267 g/mol. The summed E-state index contributed by atoms with van der Waals surface area (Å²) in [6.45, 7) is 11.7. The van der Waals surface area contributed by atoms with Crippen LogP contribution in [-0.4, -0.2) is 40.7 Å². The van der Waals surface area contributed by atoms with Crippen molar-refractivity contribution < 1.29 is 4.74 Å². The first kappa shape index (κ1) is 15.5. The number of hydrogen-bond donors (Lipinski definition) is 1. The summed E-state index contributed by atoms with van der Waals surface area (Å²) in [5.74, 6) is 1.18. The minimum Gasteiger partial charge on any atom is -0.464 e. The van der Waals surface area contributed by atoms with Crippen molar-refractivity contribution in [2.75, 3.05) is 30.4 Å². The molecule has 108 valence electrons. The summed E-state index contributed by atoms with van der Waals surface area (Å²) in [6, 6.07) is 0.363. The lowest BCUT2D eigenvalue weighted by Crippen LogP contribution is -2.41. The van der Waals surface area contributed by atoms with Crippen molar-refractivity contribution in [3.05, 3.63) is 0 Å². The molecule has 0 aromatic carbocycles. The highest BCUT2D eigenvalue weighted by atomic mass is 16.5. The van der Waals surface area contributed by atoms with Gasteiger partial charge in [0.25, 0.3) is 0 Å². The maximum absolute atomic E-state index is 5.40. The van der Waals surface area contributed by atoms with Crippen LogP contribution < -0.4 is 15.0 Å². The summed E-state index contributed by atoms with van der Waals surface area (Å²) in [4.78, 5) is 15.1. The van der Waals surface area contributed by atoms with Gasteiger partial charge in [-0.05, 0) is 34.1 Å². The van der Waals surface area contributed by atoms with Gasteiger partial charge >= 0.3 is 6.01 Å². The van der Waals surface area contributed by atoms with E-state index in [-0.39, 0.29) is 5.54 Å². The van der Waals surface area contributed by atoms with Crippen molar-refractivity contribution in [2.24, 2.45) is 0 Å². The van der Waals surface area contributed by atoms with E-state index >= 15 is 0 Å². The van der Waals surface area contributed by atoms with Crippen LogP contribution in [0.2, 0.25) is 0 Å². The van der Waals surface area contributed by atoms with Gasteiger partial charge in [-0.1, -0.05) is 6.92 Å². The van der Waals surface area contributed by atoms with Crippen LogP contribution in [-0.2, 0) is 0 Å². The average Bonchev–Trinajstić information content (AvgIpc) is 2.38. The normalized spacial score (nSPS) is 11.3. The van der Waals surface area contributed by atoms with Crippen molar-refractivity contribution in [2.45, 2.75) is 46.6 Å². The number of nitrogens with one attached hydrogen (secondary N) is 1. The first-order chi connectivity index (χ1) is 8.94. The monoisotopic (exact) mass is 267 g/mol. The van der Waals surface area contributed by atoms with E-state index in [1.165, 1.54) is 0 Å². The topological polar surface area (TPSA) is 63.2 Å². The molecule has 0 atom stereocenters. The van der Waals surface area contributed by atoms with Crippen LogP contribution in [0.15, 0.2) is 0 Å². The fraction of sp³-hybridized carbons (Fsp3) is 0.769. The zero-order valence-electron chi connectivity index (χ0n) is 12.8.